The molecule has 0 saturated carbocycles. The number of ether oxygens (including phenoxy) is 1. The van der Waals surface area contributed by atoms with E-state index in [1.165, 1.54) is 31.2 Å². The van der Waals surface area contributed by atoms with Crippen molar-refractivity contribution in [3.05, 3.63) is 52.5 Å². The Morgan fingerprint density at radius 3 is 2.73 bits per heavy atom. The SMILES string of the molecule is CCCCCCCOC(CSCc1ccc(Cl)c(Cl)c1)Cn1ccnc1. The van der Waals surface area contributed by atoms with Crippen LogP contribution in [0.1, 0.15) is 44.6 Å². The molecule has 1 unspecified atom stereocenters. The third-order valence-corrected chi connectivity index (χ3v) is 6.02. The Labute approximate surface area is 171 Å². The van der Waals surface area contributed by atoms with Gasteiger partial charge in [-0.15, -0.1) is 0 Å². The number of thioether (sulfide) groups is 1. The summed E-state index contributed by atoms with van der Waals surface area (Å²) in [5.74, 6) is 1.84. The van der Waals surface area contributed by atoms with Gasteiger partial charge >= 0.3 is 0 Å². The predicted molar refractivity (Wildman–Crippen MR) is 113 cm³/mol. The van der Waals surface area contributed by atoms with Crippen molar-refractivity contribution in [2.75, 3.05) is 12.4 Å². The highest BCUT2D eigenvalue weighted by atomic mass is 35.5. The molecule has 3 nitrogen and oxygen atoms in total. The average Bonchev–Trinajstić information content (AvgIpc) is 3.14. The molecule has 0 N–H and O–H groups in total. The maximum Gasteiger partial charge on any atom is 0.0946 e. The largest absolute Gasteiger partial charge is 0.376 e. The fraction of sp³-hybridized carbons (Fsp3) is 0.550. The zero-order valence-corrected chi connectivity index (χ0v) is 17.7. The van der Waals surface area contributed by atoms with Gasteiger partial charge in [0.1, 0.15) is 0 Å². The number of benzene rings is 1. The van der Waals surface area contributed by atoms with Crippen LogP contribution >= 0.6 is 35.0 Å². The number of hydrogen-bond acceptors (Lipinski definition) is 3. The highest BCUT2D eigenvalue weighted by Gasteiger charge is 2.11. The molecule has 0 aliphatic heterocycles. The van der Waals surface area contributed by atoms with Crippen LogP contribution in [0.3, 0.4) is 0 Å². The Kier molecular flexibility index (Phi) is 10.5. The van der Waals surface area contributed by atoms with Gasteiger partial charge in [-0.1, -0.05) is 61.9 Å². The first kappa shape index (κ1) is 21.6. The van der Waals surface area contributed by atoms with Crippen molar-refractivity contribution in [3.63, 3.8) is 0 Å². The summed E-state index contributed by atoms with van der Waals surface area (Å²) in [4.78, 5) is 4.12. The number of nitrogens with zero attached hydrogens (tertiary/aromatic N) is 2. The number of rotatable bonds is 13. The number of imidazole rings is 1. The molecule has 0 bridgehead atoms. The Hall–Kier alpha value is -0.680. The van der Waals surface area contributed by atoms with Crippen LogP contribution in [0.2, 0.25) is 10.0 Å². The molecule has 26 heavy (non-hydrogen) atoms. The number of aromatic nitrogens is 2. The zero-order valence-electron chi connectivity index (χ0n) is 15.4. The molecule has 1 atom stereocenters. The van der Waals surface area contributed by atoms with E-state index in [1.807, 2.05) is 48.7 Å². The lowest BCUT2D eigenvalue weighted by Gasteiger charge is -2.18. The Balaban J connectivity index is 1.76. The topological polar surface area (TPSA) is 27.1 Å². The predicted octanol–water partition coefficient (Wildman–Crippen LogP) is 6.48. The van der Waals surface area contributed by atoms with Crippen LogP contribution in [-0.4, -0.2) is 28.0 Å². The molecule has 0 aliphatic rings. The number of hydrogen-bond donors (Lipinski definition) is 0. The van der Waals surface area contributed by atoms with Gasteiger partial charge < -0.3 is 9.30 Å². The monoisotopic (exact) mass is 414 g/mol. The van der Waals surface area contributed by atoms with Crippen LogP contribution in [0.4, 0.5) is 0 Å². The zero-order chi connectivity index (χ0) is 18.6. The van der Waals surface area contributed by atoms with E-state index in [0.717, 1.165) is 31.1 Å². The van der Waals surface area contributed by atoms with E-state index in [1.54, 1.807) is 0 Å². The summed E-state index contributed by atoms with van der Waals surface area (Å²) in [6, 6.07) is 5.83. The lowest BCUT2D eigenvalue weighted by Crippen LogP contribution is -2.23. The molecule has 1 aromatic carbocycles. The van der Waals surface area contributed by atoms with Crippen molar-refractivity contribution >= 4 is 35.0 Å². The molecule has 1 aromatic heterocycles. The maximum atomic E-state index is 6.16. The van der Waals surface area contributed by atoms with E-state index >= 15 is 0 Å². The van der Waals surface area contributed by atoms with Crippen LogP contribution < -0.4 is 0 Å². The molecule has 0 spiro atoms. The van der Waals surface area contributed by atoms with Crippen molar-refractivity contribution in [2.24, 2.45) is 0 Å². The van der Waals surface area contributed by atoms with E-state index in [2.05, 4.69) is 16.5 Å². The van der Waals surface area contributed by atoms with Gasteiger partial charge in [0.25, 0.3) is 0 Å². The minimum atomic E-state index is 0.183. The Morgan fingerprint density at radius 2 is 2.00 bits per heavy atom. The molecule has 0 amide bonds. The lowest BCUT2D eigenvalue weighted by atomic mass is 10.2. The smallest absolute Gasteiger partial charge is 0.0946 e. The average molecular weight is 415 g/mol. The molecule has 2 aromatic rings. The van der Waals surface area contributed by atoms with Gasteiger partial charge in [-0.2, -0.15) is 11.8 Å². The summed E-state index contributed by atoms with van der Waals surface area (Å²) in [6.07, 6.45) is 12.1. The minimum Gasteiger partial charge on any atom is -0.376 e. The van der Waals surface area contributed by atoms with Gasteiger partial charge in [0.05, 0.1) is 29.0 Å². The Bertz CT molecular complexity index is 622. The summed E-state index contributed by atoms with van der Waals surface area (Å²) in [6.45, 7) is 3.91. The fourth-order valence-corrected chi connectivity index (χ4v) is 3.99. The summed E-state index contributed by atoms with van der Waals surface area (Å²) in [7, 11) is 0. The Morgan fingerprint density at radius 1 is 1.15 bits per heavy atom. The second kappa shape index (κ2) is 12.7. The summed E-state index contributed by atoms with van der Waals surface area (Å²) >= 11 is 13.9. The second-order valence-electron chi connectivity index (χ2n) is 6.43. The van der Waals surface area contributed by atoms with E-state index < -0.39 is 0 Å². The summed E-state index contributed by atoms with van der Waals surface area (Å²) in [5.41, 5.74) is 1.19. The van der Waals surface area contributed by atoms with Crippen molar-refractivity contribution in [1.82, 2.24) is 9.55 Å². The van der Waals surface area contributed by atoms with Gasteiger partial charge in [-0.25, -0.2) is 4.98 Å². The third kappa shape index (κ3) is 8.34. The molecule has 0 saturated heterocycles. The summed E-state index contributed by atoms with van der Waals surface area (Å²) in [5, 5.41) is 1.22. The standard InChI is InChI=1S/C20H28Cl2N2OS/c1-2-3-4-5-6-11-25-18(13-24-10-9-23-16-24)15-26-14-17-7-8-19(21)20(22)12-17/h7-10,12,16,18H,2-6,11,13-15H2,1H3. The van der Waals surface area contributed by atoms with Gasteiger partial charge in [-0.05, 0) is 24.1 Å². The van der Waals surface area contributed by atoms with Gasteiger partial charge in [-0.3, -0.25) is 0 Å². The molecular weight excluding hydrogens is 387 g/mol. The van der Waals surface area contributed by atoms with Crippen molar-refractivity contribution in [1.29, 1.82) is 0 Å². The van der Waals surface area contributed by atoms with Gasteiger partial charge in [0, 0.05) is 30.5 Å². The quantitative estimate of drug-likeness (QED) is 0.351. The molecule has 1 heterocycles. The van der Waals surface area contributed by atoms with Crippen molar-refractivity contribution in [3.8, 4) is 0 Å². The van der Waals surface area contributed by atoms with E-state index in [4.69, 9.17) is 27.9 Å². The lowest BCUT2D eigenvalue weighted by molar-refractivity contribution is 0.0548. The van der Waals surface area contributed by atoms with E-state index in [9.17, 15) is 0 Å². The minimum absolute atomic E-state index is 0.183. The molecule has 0 aliphatic carbocycles. The first-order valence-electron chi connectivity index (χ1n) is 9.28. The van der Waals surface area contributed by atoms with E-state index in [0.29, 0.717) is 10.0 Å². The number of halogens is 2. The maximum absolute atomic E-state index is 6.16. The molecule has 6 heteroatoms. The second-order valence-corrected chi connectivity index (χ2v) is 8.27. The van der Waals surface area contributed by atoms with Crippen LogP contribution in [0.25, 0.3) is 0 Å². The summed E-state index contributed by atoms with van der Waals surface area (Å²) < 4.78 is 8.24. The number of unbranched alkanes of at least 4 members (excludes halogenated alkanes) is 4. The highest BCUT2D eigenvalue weighted by Crippen LogP contribution is 2.25. The van der Waals surface area contributed by atoms with Crippen LogP contribution in [0, 0.1) is 0 Å². The fourth-order valence-electron chi connectivity index (χ4n) is 2.68. The molecule has 0 radical (unpaired) electrons. The molecule has 0 fully saturated rings. The van der Waals surface area contributed by atoms with Crippen LogP contribution in [-0.2, 0) is 17.0 Å². The normalized spacial score (nSPS) is 12.4. The first-order chi connectivity index (χ1) is 12.7. The van der Waals surface area contributed by atoms with E-state index in [-0.39, 0.29) is 6.10 Å². The van der Waals surface area contributed by atoms with Gasteiger partial charge in [0.15, 0.2) is 0 Å². The van der Waals surface area contributed by atoms with Gasteiger partial charge in [0.2, 0.25) is 0 Å². The van der Waals surface area contributed by atoms with Crippen LogP contribution in [0.15, 0.2) is 36.9 Å². The molecule has 144 valence electrons. The molecule has 2 rings (SSSR count). The van der Waals surface area contributed by atoms with Crippen molar-refractivity contribution < 1.29 is 4.74 Å². The van der Waals surface area contributed by atoms with Crippen LogP contribution in [0.5, 0.6) is 0 Å². The third-order valence-electron chi connectivity index (χ3n) is 4.13. The molecular formula is C20H28Cl2N2OS. The highest BCUT2D eigenvalue weighted by molar-refractivity contribution is 7.98. The van der Waals surface area contributed by atoms with Crippen molar-refractivity contribution in [2.45, 2.75) is 57.4 Å². The first-order valence-corrected chi connectivity index (χ1v) is 11.2.